The number of hydrogen-bond acceptors (Lipinski definition) is 0. The predicted octanol–water partition coefficient (Wildman–Crippen LogP) is 4.09. The molecule has 3 aromatic rings. The lowest BCUT2D eigenvalue weighted by molar-refractivity contribution is 1.69. The van der Waals surface area contributed by atoms with Gasteiger partial charge in [0.15, 0.2) is 0 Å². The van der Waals surface area contributed by atoms with Crippen molar-refractivity contribution in [3.05, 3.63) is 60.7 Å². The molecule has 0 fully saturated rings. The Bertz CT molecular complexity index is 650. The van der Waals surface area contributed by atoms with Crippen LogP contribution in [0, 0.1) is 12.1 Å². The van der Waals surface area contributed by atoms with Gasteiger partial charge in [-0.1, -0.05) is 36.4 Å². The summed E-state index contributed by atoms with van der Waals surface area (Å²) >= 11 is 0. The van der Waals surface area contributed by atoms with Crippen molar-refractivity contribution >= 4 is 10.8 Å². The average molecular weight is 200 g/mol. The van der Waals surface area contributed by atoms with Crippen LogP contribution in [0.25, 0.3) is 33.0 Å². The molecule has 0 unspecified atom stereocenters. The monoisotopic (exact) mass is 200 g/mol. The summed E-state index contributed by atoms with van der Waals surface area (Å²) in [5.41, 5.74) is 5.13. The van der Waals surface area contributed by atoms with Crippen molar-refractivity contribution in [2.45, 2.75) is 0 Å². The Morgan fingerprint density at radius 3 is 2.62 bits per heavy atom. The van der Waals surface area contributed by atoms with Crippen LogP contribution in [0.3, 0.4) is 0 Å². The molecule has 0 atom stereocenters. The molecule has 0 heterocycles. The Labute approximate surface area is 94.2 Å². The third-order valence-corrected chi connectivity index (χ3v) is 3.25. The molecular formula is C16H8. The van der Waals surface area contributed by atoms with Gasteiger partial charge in [0.1, 0.15) is 0 Å². The van der Waals surface area contributed by atoms with Gasteiger partial charge >= 0.3 is 0 Å². The van der Waals surface area contributed by atoms with Gasteiger partial charge < -0.3 is 0 Å². The van der Waals surface area contributed by atoms with Crippen LogP contribution in [0.1, 0.15) is 0 Å². The second-order valence-electron chi connectivity index (χ2n) is 4.10. The van der Waals surface area contributed by atoms with Gasteiger partial charge in [-0.05, 0) is 57.3 Å². The molecule has 16 heavy (non-hydrogen) atoms. The van der Waals surface area contributed by atoms with Crippen molar-refractivity contribution in [2.24, 2.45) is 0 Å². The van der Waals surface area contributed by atoms with Gasteiger partial charge in [-0.2, -0.15) is 0 Å². The number of fused-ring (bicyclic) bond motifs is 3. The Morgan fingerprint density at radius 1 is 0.812 bits per heavy atom. The Hall–Kier alpha value is -2.08. The van der Waals surface area contributed by atoms with Gasteiger partial charge in [0, 0.05) is 0 Å². The third-order valence-electron chi connectivity index (χ3n) is 3.25. The molecule has 1 aliphatic rings. The summed E-state index contributed by atoms with van der Waals surface area (Å²) in [6.45, 7) is 0. The SMILES string of the molecule is [c]1cc2c3c([c]ccc3c1)-c1ccccc1-2. The number of rotatable bonds is 0. The van der Waals surface area contributed by atoms with Crippen LogP contribution in [0.5, 0.6) is 0 Å². The Balaban J connectivity index is 2.31. The largest absolute Gasteiger partial charge is 0.0616 e. The normalized spacial score (nSPS) is 11.8. The molecule has 0 spiro atoms. The highest BCUT2D eigenvalue weighted by Gasteiger charge is 2.19. The van der Waals surface area contributed by atoms with Gasteiger partial charge in [0.25, 0.3) is 0 Å². The average Bonchev–Trinajstić information content (AvgIpc) is 2.68. The molecule has 0 heteroatoms. The molecule has 0 nitrogen and oxygen atoms in total. The van der Waals surface area contributed by atoms with Gasteiger partial charge in [-0.15, -0.1) is 0 Å². The van der Waals surface area contributed by atoms with E-state index in [0.29, 0.717) is 0 Å². The highest BCUT2D eigenvalue weighted by atomic mass is 14.2. The maximum Gasteiger partial charge on any atom is -0.00141 e. The van der Waals surface area contributed by atoms with Crippen LogP contribution in [-0.2, 0) is 0 Å². The minimum absolute atomic E-state index is 1.23. The molecular weight excluding hydrogens is 192 g/mol. The van der Waals surface area contributed by atoms with Crippen LogP contribution in [0.4, 0.5) is 0 Å². The topological polar surface area (TPSA) is 0 Å². The van der Waals surface area contributed by atoms with Crippen LogP contribution < -0.4 is 0 Å². The lowest BCUT2D eigenvalue weighted by Gasteiger charge is -1.99. The first-order valence-electron chi connectivity index (χ1n) is 5.39. The number of hydrogen-bond donors (Lipinski definition) is 0. The maximum absolute atomic E-state index is 3.36. The van der Waals surface area contributed by atoms with E-state index in [4.69, 9.17) is 0 Å². The fraction of sp³-hybridized carbons (Fsp3) is 0. The van der Waals surface area contributed by atoms with E-state index in [-0.39, 0.29) is 0 Å². The standard InChI is InChI=1S/C16H8/c1-2-8-13-12(7-1)14-9-3-5-11-6-4-10-15(13)16(11)14/h1-3,5-8,10H. The van der Waals surface area contributed by atoms with E-state index in [1.54, 1.807) is 0 Å². The first-order valence-corrected chi connectivity index (χ1v) is 5.39. The summed E-state index contributed by atoms with van der Waals surface area (Å²) in [6.07, 6.45) is 0. The molecule has 0 aliphatic heterocycles. The molecule has 0 aromatic heterocycles. The van der Waals surface area contributed by atoms with Gasteiger partial charge in [-0.3, -0.25) is 0 Å². The zero-order valence-electron chi connectivity index (χ0n) is 8.62. The van der Waals surface area contributed by atoms with E-state index in [0.717, 1.165) is 0 Å². The summed E-state index contributed by atoms with van der Waals surface area (Å²) in [4.78, 5) is 0. The molecule has 0 saturated heterocycles. The summed E-state index contributed by atoms with van der Waals surface area (Å²) in [6, 6.07) is 23.3. The minimum Gasteiger partial charge on any atom is -0.0616 e. The second-order valence-corrected chi connectivity index (χ2v) is 4.10. The fourth-order valence-corrected chi connectivity index (χ4v) is 2.57. The fourth-order valence-electron chi connectivity index (χ4n) is 2.57. The predicted molar refractivity (Wildman–Crippen MR) is 66.1 cm³/mol. The molecule has 3 aromatic carbocycles. The minimum atomic E-state index is 1.23. The smallest absolute Gasteiger partial charge is 0.00141 e. The summed E-state index contributed by atoms with van der Waals surface area (Å²) < 4.78 is 0. The summed E-state index contributed by atoms with van der Waals surface area (Å²) in [7, 11) is 0. The first kappa shape index (κ1) is 8.12. The first-order chi connectivity index (χ1) is 7.95. The van der Waals surface area contributed by atoms with E-state index in [1.165, 1.54) is 33.0 Å². The van der Waals surface area contributed by atoms with Crippen molar-refractivity contribution in [3.63, 3.8) is 0 Å². The lowest BCUT2D eigenvalue weighted by atomic mass is 10.0. The Kier molecular flexibility index (Phi) is 1.39. The van der Waals surface area contributed by atoms with E-state index >= 15 is 0 Å². The second kappa shape index (κ2) is 2.73. The Morgan fingerprint density at radius 2 is 1.69 bits per heavy atom. The number of benzene rings is 3. The highest BCUT2D eigenvalue weighted by molar-refractivity contribution is 6.14. The molecule has 0 bridgehead atoms. The van der Waals surface area contributed by atoms with Crippen molar-refractivity contribution in [2.75, 3.05) is 0 Å². The van der Waals surface area contributed by atoms with E-state index in [1.807, 2.05) is 12.1 Å². The zero-order chi connectivity index (χ0) is 10.5. The molecule has 1 aliphatic carbocycles. The van der Waals surface area contributed by atoms with Gasteiger partial charge in [-0.25, -0.2) is 0 Å². The van der Waals surface area contributed by atoms with Crippen molar-refractivity contribution < 1.29 is 0 Å². The van der Waals surface area contributed by atoms with E-state index in [2.05, 4.69) is 48.5 Å². The van der Waals surface area contributed by atoms with Crippen molar-refractivity contribution in [3.8, 4) is 22.3 Å². The molecule has 0 amide bonds. The third kappa shape index (κ3) is 0.849. The summed E-state index contributed by atoms with van der Waals surface area (Å²) in [5.74, 6) is 0. The quantitative estimate of drug-likeness (QED) is 0.401. The summed E-state index contributed by atoms with van der Waals surface area (Å²) in [5, 5.41) is 2.57. The van der Waals surface area contributed by atoms with Crippen LogP contribution >= 0.6 is 0 Å². The van der Waals surface area contributed by atoms with Crippen LogP contribution in [0.2, 0.25) is 0 Å². The van der Waals surface area contributed by atoms with E-state index in [9.17, 15) is 0 Å². The molecule has 0 saturated carbocycles. The van der Waals surface area contributed by atoms with Crippen molar-refractivity contribution in [1.82, 2.24) is 0 Å². The molecule has 0 N–H and O–H groups in total. The van der Waals surface area contributed by atoms with Gasteiger partial charge in [0.05, 0.1) is 0 Å². The van der Waals surface area contributed by atoms with Crippen molar-refractivity contribution in [1.29, 1.82) is 0 Å². The molecule has 2 radical (unpaired) electrons. The zero-order valence-corrected chi connectivity index (χ0v) is 8.62. The maximum atomic E-state index is 3.36. The molecule has 4 rings (SSSR count). The van der Waals surface area contributed by atoms with Crippen LogP contribution in [0.15, 0.2) is 48.5 Å². The molecule has 72 valence electrons. The van der Waals surface area contributed by atoms with Gasteiger partial charge in [0.2, 0.25) is 0 Å². The van der Waals surface area contributed by atoms with Crippen LogP contribution in [-0.4, -0.2) is 0 Å². The highest BCUT2D eigenvalue weighted by Crippen LogP contribution is 2.46. The lowest BCUT2D eigenvalue weighted by Crippen LogP contribution is -1.74. The van der Waals surface area contributed by atoms with E-state index < -0.39 is 0 Å².